The Hall–Kier alpha value is -5.15. The highest BCUT2D eigenvalue weighted by Gasteiger charge is 2.21. The second-order valence-corrected chi connectivity index (χ2v) is 10.4. The molecule has 232 valence electrons. The maximum absolute atomic E-state index is 13.0. The van der Waals surface area contributed by atoms with Crippen LogP contribution < -0.4 is 21.6 Å². The van der Waals surface area contributed by atoms with E-state index in [0.717, 1.165) is 10.5 Å². The van der Waals surface area contributed by atoms with Crippen LogP contribution in [0, 0.1) is 0 Å². The van der Waals surface area contributed by atoms with Crippen LogP contribution in [-0.4, -0.2) is 91.9 Å². The summed E-state index contributed by atoms with van der Waals surface area (Å²) in [6, 6.07) is 9.28. The Kier molecular flexibility index (Phi) is 11.4. The zero-order valence-electron chi connectivity index (χ0n) is 24.2. The monoisotopic (exact) mass is 600 g/mol. The Morgan fingerprint density at radius 2 is 1.77 bits per heavy atom. The highest BCUT2D eigenvalue weighted by atomic mass is 16.6. The largest absolute Gasteiger partial charge is 0.480 e. The van der Waals surface area contributed by atoms with Crippen molar-refractivity contribution < 1.29 is 33.8 Å². The zero-order valence-corrected chi connectivity index (χ0v) is 24.2. The van der Waals surface area contributed by atoms with Gasteiger partial charge in [0.1, 0.15) is 36.6 Å². The van der Waals surface area contributed by atoms with Crippen LogP contribution in [0.4, 0.5) is 15.4 Å². The molecule has 2 aromatic heterocycles. The number of H-pyrrole nitrogens is 1. The second kappa shape index (κ2) is 15.2. The molecular formula is C27H36N8O8. The highest BCUT2D eigenvalue weighted by Crippen LogP contribution is 2.16. The molecule has 0 saturated heterocycles. The Morgan fingerprint density at radius 1 is 1.05 bits per heavy atom. The van der Waals surface area contributed by atoms with Crippen LogP contribution in [-0.2, 0) is 32.2 Å². The van der Waals surface area contributed by atoms with E-state index in [1.165, 1.54) is 10.9 Å². The molecule has 0 bridgehead atoms. The van der Waals surface area contributed by atoms with E-state index in [4.69, 9.17) is 9.47 Å². The van der Waals surface area contributed by atoms with Crippen LogP contribution >= 0.6 is 0 Å². The molecule has 43 heavy (non-hydrogen) atoms. The van der Waals surface area contributed by atoms with E-state index in [9.17, 15) is 29.1 Å². The number of nitrogens with zero attached hydrogens (tertiary/aromatic N) is 4. The van der Waals surface area contributed by atoms with E-state index >= 15 is 0 Å². The van der Waals surface area contributed by atoms with Crippen LogP contribution in [0.3, 0.4) is 0 Å². The number of carbonyl (C=O) groups is 4. The molecule has 16 nitrogen and oxygen atoms in total. The number of carbonyl (C=O) groups excluding carboxylic acids is 3. The van der Waals surface area contributed by atoms with Crippen molar-refractivity contribution in [2.24, 2.45) is 0 Å². The first-order valence-corrected chi connectivity index (χ1v) is 13.5. The molecule has 0 spiro atoms. The Labute approximate surface area is 246 Å². The van der Waals surface area contributed by atoms with Gasteiger partial charge >= 0.3 is 23.8 Å². The van der Waals surface area contributed by atoms with Gasteiger partial charge in [-0.3, -0.25) is 14.6 Å². The molecule has 0 saturated carbocycles. The minimum absolute atomic E-state index is 0.0375. The van der Waals surface area contributed by atoms with Crippen molar-refractivity contribution >= 4 is 41.0 Å². The summed E-state index contributed by atoms with van der Waals surface area (Å²) in [5.74, 6) is -1.55. The number of anilines is 1. The lowest BCUT2D eigenvalue weighted by Crippen LogP contribution is -2.43. The van der Waals surface area contributed by atoms with Crippen molar-refractivity contribution in [1.29, 1.82) is 0 Å². The molecule has 0 unspecified atom stereocenters. The fourth-order valence-corrected chi connectivity index (χ4v) is 3.78. The quantitative estimate of drug-likeness (QED) is 0.166. The molecule has 3 aromatic rings. The summed E-state index contributed by atoms with van der Waals surface area (Å²) in [6.45, 7) is 4.85. The molecular weight excluding hydrogens is 564 g/mol. The summed E-state index contributed by atoms with van der Waals surface area (Å²) in [4.78, 5) is 72.1. The topological polar surface area (TPSA) is 210 Å². The lowest BCUT2D eigenvalue weighted by Gasteiger charge is -2.23. The number of ether oxygens (including phenoxy) is 2. The van der Waals surface area contributed by atoms with Gasteiger partial charge in [0.05, 0.1) is 6.33 Å². The van der Waals surface area contributed by atoms with Crippen LogP contribution in [0.2, 0.25) is 0 Å². The third-order valence-corrected chi connectivity index (χ3v) is 5.66. The number of hydrogen-bond acceptors (Lipinski definition) is 10. The van der Waals surface area contributed by atoms with E-state index < -0.39 is 41.9 Å². The molecule has 1 aromatic carbocycles. The molecule has 2 heterocycles. The molecule has 0 fully saturated rings. The number of imidazole rings is 1. The fourth-order valence-electron chi connectivity index (χ4n) is 3.78. The molecule has 0 atom stereocenters. The summed E-state index contributed by atoms with van der Waals surface area (Å²) < 4.78 is 11.6. The van der Waals surface area contributed by atoms with Crippen LogP contribution in [0.1, 0.15) is 32.8 Å². The fraction of sp³-hybridized carbons (Fsp3) is 0.444. The normalized spacial score (nSPS) is 11.0. The number of aliphatic carboxylic acids is 1. The van der Waals surface area contributed by atoms with E-state index in [-0.39, 0.29) is 37.7 Å². The van der Waals surface area contributed by atoms with Crippen molar-refractivity contribution in [3.8, 4) is 0 Å². The first kappa shape index (κ1) is 32.4. The standard InChI is InChI=1S/C27H36N8O8/c1-27(2,3)43-26(41)30-12-13-34(15-20(37)38)19(36)14-35-17-31-21-22(32-24(39)33-23(21)35)28-10-7-11-29-25(40)42-16-18-8-5-4-6-9-18/h4-6,8-9,17H,7,10-16H2,1-3H3,(H,29,40)(H,30,41)(H,37,38)(H2,28,32,33,39). The predicted molar refractivity (Wildman–Crippen MR) is 154 cm³/mol. The number of hydrogen-bond donors (Lipinski definition) is 5. The Balaban J connectivity index is 1.53. The average Bonchev–Trinajstić information content (AvgIpc) is 3.32. The number of nitrogens with one attached hydrogen (secondary N) is 4. The zero-order chi connectivity index (χ0) is 31.4. The molecule has 3 rings (SSSR count). The molecule has 0 aliphatic carbocycles. The smallest absolute Gasteiger partial charge is 0.407 e. The average molecular weight is 601 g/mol. The number of aromatic nitrogens is 4. The summed E-state index contributed by atoms with van der Waals surface area (Å²) in [7, 11) is 0. The van der Waals surface area contributed by atoms with Gasteiger partial charge in [-0.1, -0.05) is 30.3 Å². The van der Waals surface area contributed by atoms with Gasteiger partial charge in [-0.25, -0.2) is 19.4 Å². The Morgan fingerprint density at radius 3 is 2.47 bits per heavy atom. The number of amides is 3. The molecule has 0 aliphatic heterocycles. The van der Waals surface area contributed by atoms with Gasteiger partial charge in [0.2, 0.25) is 5.91 Å². The van der Waals surface area contributed by atoms with Crippen molar-refractivity contribution in [3.63, 3.8) is 0 Å². The number of benzene rings is 1. The molecule has 5 N–H and O–H groups in total. The second-order valence-electron chi connectivity index (χ2n) is 10.4. The number of carboxylic acid groups (broad SMARTS) is 1. The van der Waals surface area contributed by atoms with Crippen molar-refractivity contribution in [2.75, 3.05) is 38.0 Å². The van der Waals surface area contributed by atoms with Gasteiger partial charge in [-0.05, 0) is 32.8 Å². The molecule has 0 radical (unpaired) electrons. The number of carboxylic acids is 1. The molecule has 16 heteroatoms. The third-order valence-electron chi connectivity index (χ3n) is 5.66. The van der Waals surface area contributed by atoms with E-state index in [2.05, 4.69) is 30.9 Å². The molecule has 3 amide bonds. The predicted octanol–water partition coefficient (Wildman–Crippen LogP) is 1.29. The maximum Gasteiger partial charge on any atom is 0.407 e. The van der Waals surface area contributed by atoms with Gasteiger partial charge in [-0.2, -0.15) is 4.98 Å². The van der Waals surface area contributed by atoms with Gasteiger partial charge in [0.15, 0.2) is 5.65 Å². The Bertz CT molecular complexity index is 1470. The summed E-state index contributed by atoms with van der Waals surface area (Å²) in [5, 5.41) is 17.4. The van der Waals surface area contributed by atoms with E-state index in [0.29, 0.717) is 25.0 Å². The molecule has 0 aliphatic rings. The van der Waals surface area contributed by atoms with Crippen LogP contribution in [0.25, 0.3) is 11.2 Å². The summed E-state index contributed by atoms with van der Waals surface area (Å²) in [5.41, 5.74) is -0.120. The van der Waals surface area contributed by atoms with Crippen LogP contribution in [0.15, 0.2) is 41.5 Å². The van der Waals surface area contributed by atoms with Crippen molar-refractivity contribution in [2.45, 2.75) is 45.9 Å². The first-order valence-electron chi connectivity index (χ1n) is 13.5. The van der Waals surface area contributed by atoms with Gasteiger partial charge < -0.3 is 40.0 Å². The number of rotatable bonds is 14. The van der Waals surface area contributed by atoms with Gasteiger partial charge in [0.25, 0.3) is 0 Å². The number of fused-ring (bicyclic) bond motifs is 1. The van der Waals surface area contributed by atoms with E-state index in [1.807, 2.05) is 30.3 Å². The summed E-state index contributed by atoms with van der Waals surface area (Å²) >= 11 is 0. The SMILES string of the molecule is CC(C)(C)OC(=O)NCCN(CC(=O)O)C(=O)Cn1cnc2c(NCCCNC(=O)OCc3ccccc3)[nH]c(=O)nc21. The highest BCUT2D eigenvalue weighted by molar-refractivity contribution is 5.85. The van der Waals surface area contributed by atoms with Crippen LogP contribution in [0.5, 0.6) is 0 Å². The minimum atomic E-state index is -1.24. The number of aromatic amines is 1. The maximum atomic E-state index is 13.0. The lowest BCUT2D eigenvalue weighted by atomic mass is 10.2. The number of alkyl carbamates (subject to hydrolysis) is 2. The minimum Gasteiger partial charge on any atom is -0.480 e. The third kappa shape index (κ3) is 11.0. The lowest BCUT2D eigenvalue weighted by molar-refractivity contribution is -0.144. The van der Waals surface area contributed by atoms with E-state index in [1.54, 1.807) is 20.8 Å². The van der Waals surface area contributed by atoms with Gasteiger partial charge in [0, 0.05) is 26.2 Å². The first-order chi connectivity index (χ1) is 20.4. The van der Waals surface area contributed by atoms with Crippen molar-refractivity contribution in [1.82, 2.24) is 35.1 Å². The summed E-state index contributed by atoms with van der Waals surface area (Å²) in [6.07, 6.45) is 0.561. The van der Waals surface area contributed by atoms with Crippen molar-refractivity contribution in [3.05, 3.63) is 52.7 Å². The van der Waals surface area contributed by atoms with Gasteiger partial charge in [-0.15, -0.1) is 0 Å².